The van der Waals surface area contributed by atoms with Crippen molar-refractivity contribution in [3.63, 3.8) is 0 Å². The van der Waals surface area contributed by atoms with Crippen LogP contribution in [0.1, 0.15) is 38.7 Å². The Morgan fingerprint density at radius 3 is 2.31 bits per heavy atom. The summed E-state index contributed by atoms with van der Waals surface area (Å²) in [6.07, 6.45) is 1.39. The molecule has 1 amide bonds. The van der Waals surface area contributed by atoms with Gasteiger partial charge in [-0.1, -0.05) is 48.5 Å². The minimum Gasteiger partial charge on any atom is -0.341 e. The molecule has 4 aromatic rings. The zero-order chi connectivity index (χ0) is 23.0. The molecule has 1 N–H and O–H groups in total. The topological polar surface area (TPSA) is 86.0 Å². The van der Waals surface area contributed by atoms with Crippen LogP contribution in [0.25, 0.3) is 11.0 Å². The zero-order valence-electron chi connectivity index (χ0n) is 18.4. The second-order valence-electron chi connectivity index (χ2n) is 7.96. The van der Waals surface area contributed by atoms with Gasteiger partial charge in [-0.2, -0.15) is 0 Å². The number of nitrogens with one attached hydrogen (secondary N) is 1. The van der Waals surface area contributed by atoms with Gasteiger partial charge in [0.25, 0.3) is 11.5 Å². The number of carbonyl (C=O) groups excluding carboxylic acids is 1. The van der Waals surface area contributed by atoms with Crippen molar-refractivity contribution in [3.05, 3.63) is 109 Å². The average Bonchev–Trinajstić information content (AvgIpc) is 2.81. The highest BCUT2D eigenvalue weighted by Crippen LogP contribution is 2.24. The number of aromatic nitrogens is 3. The van der Waals surface area contributed by atoms with Crippen LogP contribution in [0.4, 0.5) is 0 Å². The molecule has 2 aromatic carbocycles. The van der Waals surface area contributed by atoms with Crippen molar-refractivity contribution in [2.75, 3.05) is 0 Å². The number of amides is 1. The summed E-state index contributed by atoms with van der Waals surface area (Å²) in [5.41, 5.74) is 3.74. The summed E-state index contributed by atoms with van der Waals surface area (Å²) in [5.74, 6) is -0.359. The van der Waals surface area contributed by atoms with Crippen LogP contribution in [0, 0.1) is 13.8 Å². The lowest BCUT2D eigenvalue weighted by atomic mass is 9.95. The maximum atomic E-state index is 13.2. The van der Waals surface area contributed by atoms with Gasteiger partial charge in [0.2, 0.25) is 0 Å². The molecule has 0 fully saturated rings. The first kappa shape index (κ1) is 21.2. The predicted molar refractivity (Wildman–Crippen MR) is 124 cm³/mol. The molecule has 4 rings (SSSR count). The minimum atomic E-state index is -0.487. The molecule has 1 unspecified atom stereocenters. The number of pyridine rings is 1. The molecule has 0 spiro atoms. The number of rotatable bonds is 4. The fourth-order valence-corrected chi connectivity index (χ4v) is 3.75. The van der Waals surface area contributed by atoms with Gasteiger partial charge in [-0.15, -0.1) is 0 Å². The van der Waals surface area contributed by atoms with Crippen molar-refractivity contribution in [2.45, 2.75) is 19.9 Å². The van der Waals surface area contributed by atoms with E-state index in [0.29, 0.717) is 0 Å². The lowest BCUT2D eigenvalue weighted by molar-refractivity contribution is 0.0942. The summed E-state index contributed by atoms with van der Waals surface area (Å²) in [6, 6.07) is 16.9. The van der Waals surface area contributed by atoms with Crippen molar-refractivity contribution in [1.82, 2.24) is 19.4 Å². The molecule has 0 radical (unpaired) electrons. The van der Waals surface area contributed by atoms with Crippen LogP contribution in [0.5, 0.6) is 0 Å². The molecule has 32 heavy (non-hydrogen) atoms. The zero-order valence-corrected chi connectivity index (χ0v) is 18.4. The monoisotopic (exact) mass is 428 g/mol. The molecule has 2 aromatic heterocycles. The normalized spacial score (nSPS) is 12.0. The van der Waals surface area contributed by atoms with Crippen LogP contribution < -0.4 is 16.6 Å². The number of nitrogens with zero attached hydrogens (tertiary/aromatic N) is 3. The van der Waals surface area contributed by atoms with Gasteiger partial charge < -0.3 is 5.32 Å². The molecule has 0 saturated heterocycles. The molecular formula is C25H24N4O3. The molecule has 162 valence electrons. The van der Waals surface area contributed by atoms with E-state index in [-0.39, 0.29) is 28.5 Å². The van der Waals surface area contributed by atoms with E-state index < -0.39 is 11.2 Å². The Balaban J connectivity index is 1.77. The Bertz CT molecular complexity index is 1450. The number of benzene rings is 2. The summed E-state index contributed by atoms with van der Waals surface area (Å²) in [5, 5.41) is 3.29. The van der Waals surface area contributed by atoms with Crippen LogP contribution in [0.2, 0.25) is 0 Å². The lowest BCUT2D eigenvalue weighted by Gasteiger charge is -2.21. The molecule has 0 bridgehead atoms. The van der Waals surface area contributed by atoms with Gasteiger partial charge in [-0.3, -0.25) is 18.7 Å². The van der Waals surface area contributed by atoms with E-state index in [1.807, 2.05) is 56.3 Å². The highest BCUT2D eigenvalue weighted by molar-refractivity contribution is 5.97. The first-order valence-corrected chi connectivity index (χ1v) is 10.3. The van der Waals surface area contributed by atoms with Crippen LogP contribution in [-0.2, 0) is 14.1 Å². The lowest BCUT2D eigenvalue weighted by Crippen LogP contribution is -2.37. The van der Waals surface area contributed by atoms with Gasteiger partial charge in [-0.25, -0.2) is 9.78 Å². The second-order valence-corrected chi connectivity index (χ2v) is 7.96. The number of hydrogen-bond donors (Lipinski definition) is 1. The molecule has 0 saturated carbocycles. The second kappa shape index (κ2) is 8.26. The standard InChI is InChI=1S/C25H24N4O3/c1-15-10-11-18(12-16(15)2)21(17-8-6-5-7-9-17)27-23(30)19-13-20-22(26-14-19)28(3)25(32)29(4)24(20)31/h5-14,21H,1-4H3,(H,27,30). The largest absolute Gasteiger partial charge is 0.341 e. The Hall–Kier alpha value is -4.00. The van der Waals surface area contributed by atoms with Crippen molar-refractivity contribution in [2.24, 2.45) is 14.1 Å². The molecule has 1 atom stereocenters. The fourth-order valence-electron chi connectivity index (χ4n) is 3.75. The van der Waals surface area contributed by atoms with E-state index in [2.05, 4.69) is 16.4 Å². The highest BCUT2D eigenvalue weighted by Gasteiger charge is 2.20. The van der Waals surface area contributed by atoms with Crippen LogP contribution in [0.3, 0.4) is 0 Å². The summed E-state index contributed by atoms with van der Waals surface area (Å²) < 4.78 is 2.30. The van der Waals surface area contributed by atoms with Gasteiger partial charge in [0.1, 0.15) is 5.65 Å². The molecule has 7 heteroatoms. The molecule has 0 aliphatic heterocycles. The van der Waals surface area contributed by atoms with E-state index in [1.54, 1.807) is 7.05 Å². The highest BCUT2D eigenvalue weighted by atomic mass is 16.2. The third kappa shape index (κ3) is 3.73. The van der Waals surface area contributed by atoms with Gasteiger partial charge in [-0.05, 0) is 42.2 Å². The number of fused-ring (bicyclic) bond motifs is 1. The molecular weight excluding hydrogens is 404 g/mol. The van der Waals surface area contributed by atoms with Crippen LogP contribution >= 0.6 is 0 Å². The Kier molecular flexibility index (Phi) is 5.48. The average molecular weight is 428 g/mol. The number of carbonyl (C=O) groups is 1. The SMILES string of the molecule is Cc1ccc(C(NC(=O)c2cnc3c(c2)c(=O)n(C)c(=O)n3C)c2ccccc2)cc1C. The van der Waals surface area contributed by atoms with Crippen molar-refractivity contribution in [3.8, 4) is 0 Å². The van der Waals surface area contributed by atoms with Crippen molar-refractivity contribution < 1.29 is 4.79 Å². The Labute approximate surface area is 185 Å². The van der Waals surface area contributed by atoms with Crippen molar-refractivity contribution >= 4 is 16.9 Å². The summed E-state index contributed by atoms with van der Waals surface area (Å²) in [7, 11) is 2.95. The van der Waals surface area contributed by atoms with E-state index in [9.17, 15) is 14.4 Å². The molecule has 0 aliphatic rings. The first-order valence-electron chi connectivity index (χ1n) is 10.3. The van der Waals surface area contributed by atoms with Gasteiger partial charge in [0.05, 0.1) is 17.0 Å². The van der Waals surface area contributed by atoms with Crippen molar-refractivity contribution in [1.29, 1.82) is 0 Å². The van der Waals surface area contributed by atoms with Gasteiger partial charge in [0.15, 0.2) is 0 Å². The predicted octanol–water partition coefficient (Wildman–Crippen LogP) is 2.77. The van der Waals surface area contributed by atoms with Crippen LogP contribution in [-0.4, -0.2) is 20.0 Å². The smallest absolute Gasteiger partial charge is 0.332 e. The molecule has 2 heterocycles. The maximum Gasteiger partial charge on any atom is 0.332 e. The molecule has 7 nitrogen and oxygen atoms in total. The third-order valence-corrected chi connectivity index (χ3v) is 5.83. The Morgan fingerprint density at radius 2 is 1.62 bits per heavy atom. The summed E-state index contributed by atoms with van der Waals surface area (Å²) >= 11 is 0. The Morgan fingerprint density at radius 1 is 0.906 bits per heavy atom. The first-order chi connectivity index (χ1) is 15.3. The summed E-state index contributed by atoms with van der Waals surface area (Å²) in [4.78, 5) is 42.2. The maximum absolute atomic E-state index is 13.2. The molecule has 0 aliphatic carbocycles. The third-order valence-electron chi connectivity index (χ3n) is 5.83. The fraction of sp³-hybridized carbons (Fsp3) is 0.200. The van der Waals surface area contributed by atoms with E-state index in [0.717, 1.165) is 21.3 Å². The summed E-state index contributed by atoms with van der Waals surface area (Å²) in [6.45, 7) is 4.08. The van der Waals surface area contributed by atoms with E-state index >= 15 is 0 Å². The number of hydrogen-bond acceptors (Lipinski definition) is 4. The van der Waals surface area contributed by atoms with E-state index in [1.165, 1.54) is 29.4 Å². The number of aryl methyl sites for hydroxylation is 3. The van der Waals surface area contributed by atoms with Crippen LogP contribution in [0.15, 0.2) is 70.4 Å². The minimum absolute atomic E-state index is 0.213. The van der Waals surface area contributed by atoms with E-state index in [4.69, 9.17) is 0 Å². The quantitative estimate of drug-likeness (QED) is 0.542. The van der Waals surface area contributed by atoms with Gasteiger partial charge >= 0.3 is 5.69 Å². The van der Waals surface area contributed by atoms with Gasteiger partial charge in [0, 0.05) is 20.3 Å².